The summed E-state index contributed by atoms with van der Waals surface area (Å²) in [6, 6.07) is 62.4. The molecule has 11 rings (SSSR count). The predicted molar refractivity (Wildman–Crippen MR) is 219 cm³/mol. The maximum absolute atomic E-state index is 6.62. The van der Waals surface area contributed by atoms with E-state index < -0.39 is 0 Å². The van der Waals surface area contributed by atoms with Crippen LogP contribution in [0.1, 0.15) is 0 Å². The second-order valence-electron chi connectivity index (χ2n) is 13.2. The van der Waals surface area contributed by atoms with Crippen molar-refractivity contribution in [3.63, 3.8) is 0 Å². The highest BCUT2D eigenvalue weighted by Gasteiger charge is 2.23. The summed E-state index contributed by atoms with van der Waals surface area (Å²) in [5.74, 6) is 0. The molecule has 0 saturated heterocycles. The number of hydrogen-bond donors (Lipinski definition) is 0. The van der Waals surface area contributed by atoms with Gasteiger partial charge in [0.1, 0.15) is 22.3 Å². The Morgan fingerprint density at radius 3 is 1.90 bits per heavy atom. The molecule has 0 atom stereocenters. The van der Waals surface area contributed by atoms with Gasteiger partial charge in [-0.25, -0.2) is 0 Å². The van der Waals surface area contributed by atoms with Gasteiger partial charge in [-0.05, 0) is 65.2 Å². The molecule has 52 heavy (non-hydrogen) atoms. The summed E-state index contributed by atoms with van der Waals surface area (Å²) >= 11 is 1.86. The van der Waals surface area contributed by atoms with Crippen LogP contribution < -0.4 is 4.90 Å². The first-order valence-corrected chi connectivity index (χ1v) is 18.3. The Balaban J connectivity index is 1.20. The second-order valence-corrected chi connectivity index (χ2v) is 14.3. The number of furan rings is 2. The molecule has 0 aliphatic heterocycles. The van der Waals surface area contributed by atoms with Crippen molar-refractivity contribution < 1.29 is 8.83 Å². The lowest BCUT2D eigenvalue weighted by molar-refractivity contribution is 0.668. The van der Waals surface area contributed by atoms with E-state index in [-0.39, 0.29) is 0 Å². The van der Waals surface area contributed by atoms with Crippen molar-refractivity contribution in [1.29, 1.82) is 0 Å². The molecule has 0 aliphatic carbocycles. The number of benzene rings is 8. The number of para-hydroxylation sites is 2. The van der Waals surface area contributed by atoms with Crippen LogP contribution in [0.2, 0.25) is 0 Å². The molecule has 3 aromatic heterocycles. The van der Waals surface area contributed by atoms with E-state index in [1.807, 2.05) is 29.5 Å². The fourth-order valence-electron chi connectivity index (χ4n) is 7.89. The van der Waals surface area contributed by atoms with Gasteiger partial charge in [0, 0.05) is 64.7 Å². The summed E-state index contributed by atoms with van der Waals surface area (Å²) in [6.45, 7) is 0. The van der Waals surface area contributed by atoms with Crippen LogP contribution in [-0.4, -0.2) is 0 Å². The first-order chi connectivity index (χ1) is 25.8. The van der Waals surface area contributed by atoms with Crippen LogP contribution in [0.3, 0.4) is 0 Å². The molecule has 0 saturated carbocycles. The van der Waals surface area contributed by atoms with Crippen molar-refractivity contribution in [2.45, 2.75) is 0 Å². The first kappa shape index (κ1) is 29.1. The summed E-state index contributed by atoms with van der Waals surface area (Å²) in [7, 11) is 0. The normalized spacial score (nSPS) is 11.8. The molecule has 0 N–H and O–H groups in total. The highest BCUT2D eigenvalue weighted by molar-refractivity contribution is 7.26. The summed E-state index contributed by atoms with van der Waals surface area (Å²) in [6.07, 6.45) is 0. The second kappa shape index (κ2) is 11.5. The van der Waals surface area contributed by atoms with E-state index in [2.05, 4.69) is 163 Å². The van der Waals surface area contributed by atoms with Crippen LogP contribution in [0.25, 0.3) is 86.3 Å². The Bertz CT molecular complexity index is 3130. The number of anilines is 3. The van der Waals surface area contributed by atoms with Crippen molar-refractivity contribution in [3.8, 4) is 22.3 Å². The average Bonchev–Trinajstić information content (AvgIpc) is 3.90. The highest BCUT2D eigenvalue weighted by atomic mass is 32.1. The van der Waals surface area contributed by atoms with E-state index >= 15 is 0 Å². The minimum Gasteiger partial charge on any atom is -0.456 e. The van der Waals surface area contributed by atoms with Gasteiger partial charge in [0.2, 0.25) is 0 Å². The fraction of sp³-hybridized carbons (Fsp3) is 0. The molecule has 0 unspecified atom stereocenters. The quantitative estimate of drug-likeness (QED) is 0.181. The molecular weight excluding hydrogens is 655 g/mol. The maximum Gasteiger partial charge on any atom is 0.143 e. The maximum atomic E-state index is 6.62. The van der Waals surface area contributed by atoms with Gasteiger partial charge in [-0.15, -0.1) is 11.3 Å². The SMILES string of the molecule is c1ccc(-c2cccc3c2oc2ccc(N(c4ccc5c(c4)oc4ccccc45)c4ccc(-c5ccccc5)c5sc6ccccc6c45)cc23)cc1. The van der Waals surface area contributed by atoms with E-state index in [9.17, 15) is 0 Å². The summed E-state index contributed by atoms with van der Waals surface area (Å²) < 4.78 is 15.6. The number of hydrogen-bond acceptors (Lipinski definition) is 4. The molecule has 8 aromatic carbocycles. The zero-order valence-corrected chi connectivity index (χ0v) is 28.7. The van der Waals surface area contributed by atoms with Crippen molar-refractivity contribution in [1.82, 2.24) is 0 Å². The minimum absolute atomic E-state index is 0.860. The molecule has 0 amide bonds. The Morgan fingerprint density at radius 2 is 1.06 bits per heavy atom. The third kappa shape index (κ3) is 4.45. The van der Waals surface area contributed by atoms with Gasteiger partial charge in [-0.1, -0.05) is 121 Å². The van der Waals surface area contributed by atoms with E-state index in [1.165, 1.54) is 31.3 Å². The van der Waals surface area contributed by atoms with Crippen molar-refractivity contribution in [3.05, 3.63) is 176 Å². The molecule has 0 radical (unpaired) electrons. The van der Waals surface area contributed by atoms with Gasteiger partial charge in [0.25, 0.3) is 0 Å². The molecule has 244 valence electrons. The third-order valence-corrected chi connectivity index (χ3v) is 11.5. The molecule has 3 nitrogen and oxygen atoms in total. The van der Waals surface area contributed by atoms with Gasteiger partial charge in [0.05, 0.1) is 5.69 Å². The van der Waals surface area contributed by atoms with Crippen molar-refractivity contribution in [2.75, 3.05) is 4.90 Å². The lowest BCUT2D eigenvalue weighted by Gasteiger charge is -2.27. The number of rotatable bonds is 5. The Morgan fingerprint density at radius 1 is 0.404 bits per heavy atom. The molecule has 4 heteroatoms. The smallest absolute Gasteiger partial charge is 0.143 e. The van der Waals surface area contributed by atoms with Crippen molar-refractivity contribution in [2.24, 2.45) is 0 Å². The van der Waals surface area contributed by atoms with Gasteiger partial charge in [0.15, 0.2) is 0 Å². The lowest BCUT2D eigenvalue weighted by Crippen LogP contribution is -2.10. The lowest BCUT2D eigenvalue weighted by atomic mass is 9.99. The summed E-state index contributed by atoms with van der Waals surface area (Å²) in [5, 5.41) is 6.87. The molecule has 0 bridgehead atoms. The third-order valence-electron chi connectivity index (χ3n) is 10.3. The Labute approximate surface area is 303 Å². The zero-order valence-electron chi connectivity index (χ0n) is 27.9. The summed E-state index contributed by atoms with van der Waals surface area (Å²) in [5.41, 5.74) is 11.4. The molecular formula is C48H29NO2S. The number of fused-ring (bicyclic) bond motifs is 9. The first-order valence-electron chi connectivity index (χ1n) is 17.5. The predicted octanol–water partition coefficient (Wildman–Crippen LogP) is 14.7. The molecule has 0 fully saturated rings. The van der Waals surface area contributed by atoms with Crippen LogP contribution in [0.4, 0.5) is 17.1 Å². The monoisotopic (exact) mass is 683 g/mol. The standard InChI is InChI=1S/C48H29NO2S/c1-3-12-30(13-4-1)34-18-11-19-38-40-28-32(23-27-43(40)51-47(34)38)49(33-22-24-37-36-16-7-9-20-42(36)50-44(37)29-33)41-26-25-35(31-14-5-2-6-15-31)48-46(41)39-17-8-10-21-45(39)52-48/h1-29H. The molecule has 0 spiro atoms. The zero-order chi connectivity index (χ0) is 34.2. The Kier molecular flexibility index (Phi) is 6.42. The van der Waals surface area contributed by atoms with E-state index in [0.29, 0.717) is 0 Å². The highest BCUT2D eigenvalue weighted by Crippen LogP contribution is 2.49. The van der Waals surface area contributed by atoms with Gasteiger partial charge in [-0.3, -0.25) is 0 Å². The van der Waals surface area contributed by atoms with Crippen LogP contribution in [0.15, 0.2) is 185 Å². The number of nitrogens with zero attached hydrogens (tertiary/aromatic N) is 1. The van der Waals surface area contributed by atoms with Gasteiger partial charge < -0.3 is 13.7 Å². The topological polar surface area (TPSA) is 29.5 Å². The van der Waals surface area contributed by atoms with E-state index in [4.69, 9.17) is 8.83 Å². The Hall–Kier alpha value is -6.62. The van der Waals surface area contributed by atoms with Gasteiger partial charge in [-0.2, -0.15) is 0 Å². The van der Waals surface area contributed by atoms with E-state index in [0.717, 1.165) is 72.1 Å². The molecule has 3 heterocycles. The minimum atomic E-state index is 0.860. The van der Waals surface area contributed by atoms with Crippen LogP contribution >= 0.6 is 11.3 Å². The average molecular weight is 684 g/mol. The molecule has 0 aliphatic rings. The molecule has 11 aromatic rings. The van der Waals surface area contributed by atoms with Gasteiger partial charge >= 0.3 is 0 Å². The van der Waals surface area contributed by atoms with Crippen LogP contribution in [0.5, 0.6) is 0 Å². The van der Waals surface area contributed by atoms with E-state index in [1.54, 1.807) is 0 Å². The largest absolute Gasteiger partial charge is 0.456 e. The summed E-state index contributed by atoms with van der Waals surface area (Å²) in [4.78, 5) is 2.39. The van der Waals surface area contributed by atoms with Crippen LogP contribution in [-0.2, 0) is 0 Å². The van der Waals surface area contributed by atoms with Crippen molar-refractivity contribution >= 4 is 92.4 Å². The number of thiophene rings is 1. The van der Waals surface area contributed by atoms with Crippen LogP contribution in [0, 0.1) is 0 Å². The fourth-order valence-corrected chi connectivity index (χ4v) is 9.15.